The molecule has 0 bridgehead atoms. The van der Waals surface area contributed by atoms with Crippen LogP contribution >= 0.6 is 0 Å². The average Bonchev–Trinajstić information content (AvgIpc) is 3.19. The molecule has 1 amide bonds. The van der Waals surface area contributed by atoms with E-state index in [4.69, 9.17) is 0 Å². The zero-order chi connectivity index (χ0) is 16.2. The molecule has 4 nitrogen and oxygen atoms in total. The first kappa shape index (κ1) is 15.6. The van der Waals surface area contributed by atoms with Gasteiger partial charge in [0.15, 0.2) is 6.23 Å². The second-order valence-electron chi connectivity index (χ2n) is 5.70. The molecule has 4 rings (SSSR count). The number of carbonyl (C=O) groups excluding carboxylic acids is 1. The van der Waals surface area contributed by atoms with Crippen LogP contribution in [0.1, 0.15) is 40.1 Å². The molecule has 2 unspecified atom stereocenters. The van der Waals surface area contributed by atoms with Gasteiger partial charge in [-0.05, 0) is 42.6 Å². The van der Waals surface area contributed by atoms with Crippen molar-refractivity contribution in [2.75, 3.05) is 13.1 Å². The summed E-state index contributed by atoms with van der Waals surface area (Å²) in [4.78, 5) is 11.0. The highest BCUT2D eigenvalue weighted by Crippen LogP contribution is 2.22. The highest BCUT2D eigenvalue weighted by Gasteiger charge is 2.25. The molecule has 1 saturated heterocycles. The Labute approximate surface area is 134 Å². The summed E-state index contributed by atoms with van der Waals surface area (Å²) in [5.41, 5.74) is 2.49. The lowest BCUT2D eigenvalue weighted by Crippen LogP contribution is -2.17. The largest absolute Gasteiger partial charge is 0.369 e. The first-order valence-electron chi connectivity index (χ1n) is 7.69. The summed E-state index contributed by atoms with van der Waals surface area (Å²) < 4.78 is 12.6. The molecule has 0 aromatic heterocycles. The molecule has 0 aliphatic carbocycles. The number of benzene rings is 2. The van der Waals surface area contributed by atoms with Gasteiger partial charge in [0, 0.05) is 17.7 Å². The molecular formula is C18H19FN2O2. The van der Waals surface area contributed by atoms with E-state index in [-0.39, 0.29) is 11.7 Å². The Hall–Kier alpha value is -2.24. The molecule has 2 aliphatic rings. The van der Waals surface area contributed by atoms with Crippen LogP contribution in [0.5, 0.6) is 0 Å². The minimum Gasteiger partial charge on any atom is -0.369 e. The summed E-state index contributed by atoms with van der Waals surface area (Å²) >= 11 is 0. The molecule has 3 N–H and O–H groups in total. The van der Waals surface area contributed by atoms with Gasteiger partial charge in [-0.25, -0.2) is 4.39 Å². The van der Waals surface area contributed by atoms with Crippen LogP contribution in [0.3, 0.4) is 0 Å². The zero-order valence-electron chi connectivity index (χ0n) is 12.6. The van der Waals surface area contributed by atoms with E-state index in [0.29, 0.717) is 17.0 Å². The van der Waals surface area contributed by atoms with Gasteiger partial charge in [0.2, 0.25) is 0 Å². The van der Waals surface area contributed by atoms with Crippen LogP contribution in [0, 0.1) is 5.82 Å². The summed E-state index contributed by atoms with van der Waals surface area (Å²) in [6, 6.07) is 13.8. The Bertz CT molecular complexity index is 682. The number of aliphatic hydroxyl groups excluding tert-OH is 1. The van der Waals surface area contributed by atoms with Crippen molar-refractivity contribution in [2.24, 2.45) is 0 Å². The minimum absolute atomic E-state index is 0.148. The Morgan fingerprint density at radius 3 is 2.48 bits per heavy atom. The fraction of sp³-hybridized carbons (Fsp3) is 0.278. The number of rotatable bonds is 1. The lowest BCUT2D eigenvalue weighted by atomic mass is 9.99. The molecule has 1 fully saturated rings. The number of nitrogens with one attached hydrogen (secondary N) is 2. The van der Waals surface area contributed by atoms with E-state index >= 15 is 0 Å². The van der Waals surface area contributed by atoms with Gasteiger partial charge in [-0.1, -0.05) is 30.3 Å². The third-order valence-corrected chi connectivity index (χ3v) is 4.17. The SMILES string of the molecule is Fc1ccc(C2CCNC2)cc1.O=C1NC(O)c2ccccc21. The van der Waals surface area contributed by atoms with E-state index in [9.17, 15) is 14.3 Å². The molecule has 5 heteroatoms. The third kappa shape index (κ3) is 3.57. The normalized spacial score (nSPS) is 22.1. The van der Waals surface area contributed by atoms with Gasteiger partial charge in [-0.2, -0.15) is 0 Å². The van der Waals surface area contributed by atoms with Crippen LogP contribution in [0.25, 0.3) is 0 Å². The summed E-state index contributed by atoms with van der Waals surface area (Å²) in [7, 11) is 0. The molecule has 0 saturated carbocycles. The van der Waals surface area contributed by atoms with Gasteiger partial charge in [-0.15, -0.1) is 0 Å². The molecular weight excluding hydrogens is 295 g/mol. The molecule has 0 spiro atoms. The van der Waals surface area contributed by atoms with Crippen LogP contribution in [-0.4, -0.2) is 24.1 Å². The van der Waals surface area contributed by atoms with Gasteiger partial charge in [0.05, 0.1) is 0 Å². The fourth-order valence-corrected chi connectivity index (χ4v) is 2.90. The predicted octanol–water partition coefficient (Wildman–Crippen LogP) is 2.32. The monoisotopic (exact) mass is 314 g/mol. The van der Waals surface area contributed by atoms with E-state index in [1.807, 2.05) is 12.1 Å². The molecule has 120 valence electrons. The van der Waals surface area contributed by atoms with Crippen molar-refractivity contribution in [2.45, 2.75) is 18.6 Å². The van der Waals surface area contributed by atoms with Gasteiger partial charge in [0.25, 0.3) is 5.91 Å². The number of aliphatic hydroxyl groups is 1. The minimum atomic E-state index is -0.821. The number of amides is 1. The van der Waals surface area contributed by atoms with Crippen LogP contribution in [0.15, 0.2) is 48.5 Å². The smallest absolute Gasteiger partial charge is 0.253 e. The standard InChI is InChI=1S/C10H12FN.C8H7NO2/c11-10-3-1-8(2-4-10)9-5-6-12-7-9;10-7-5-3-1-2-4-6(5)8(11)9-7/h1-4,9,12H,5-7H2;1-4,7,10H,(H,9,11). The van der Waals surface area contributed by atoms with E-state index in [0.717, 1.165) is 13.1 Å². The second-order valence-corrected chi connectivity index (χ2v) is 5.70. The molecule has 2 heterocycles. The molecule has 0 radical (unpaired) electrons. The van der Waals surface area contributed by atoms with Crippen LogP contribution in [0.2, 0.25) is 0 Å². The third-order valence-electron chi connectivity index (χ3n) is 4.17. The van der Waals surface area contributed by atoms with Crippen molar-refractivity contribution in [1.29, 1.82) is 0 Å². The molecule has 2 atom stereocenters. The van der Waals surface area contributed by atoms with Gasteiger partial charge in [0.1, 0.15) is 5.82 Å². The van der Waals surface area contributed by atoms with Crippen molar-refractivity contribution in [3.63, 3.8) is 0 Å². The average molecular weight is 314 g/mol. The maximum Gasteiger partial charge on any atom is 0.253 e. The summed E-state index contributed by atoms with van der Waals surface area (Å²) in [5.74, 6) is 0.239. The van der Waals surface area contributed by atoms with Gasteiger partial charge >= 0.3 is 0 Å². The fourth-order valence-electron chi connectivity index (χ4n) is 2.90. The van der Waals surface area contributed by atoms with Crippen LogP contribution < -0.4 is 10.6 Å². The van der Waals surface area contributed by atoms with Crippen molar-refractivity contribution >= 4 is 5.91 Å². The zero-order valence-corrected chi connectivity index (χ0v) is 12.6. The maximum atomic E-state index is 12.6. The molecule has 2 aromatic carbocycles. The van der Waals surface area contributed by atoms with Gasteiger partial charge < -0.3 is 15.7 Å². The summed E-state index contributed by atoms with van der Waals surface area (Å²) in [6.07, 6.45) is 0.352. The van der Waals surface area contributed by atoms with E-state index < -0.39 is 6.23 Å². The van der Waals surface area contributed by atoms with E-state index in [1.165, 1.54) is 24.1 Å². The highest BCUT2D eigenvalue weighted by atomic mass is 19.1. The Morgan fingerprint density at radius 2 is 1.83 bits per heavy atom. The maximum absolute atomic E-state index is 12.6. The molecule has 23 heavy (non-hydrogen) atoms. The Morgan fingerprint density at radius 1 is 1.09 bits per heavy atom. The molecule has 2 aliphatic heterocycles. The first-order valence-corrected chi connectivity index (χ1v) is 7.69. The van der Waals surface area contributed by atoms with Crippen molar-refractivity contribution < 1.29 is 14.3 Å². The number of fused-ring (bicyclic) bond motifs is 1. The quantitative estimate of drug-likeness (QED) is 0.757. The predicted molar refractivity (Wildman–Crippen MR) is 85.5 cm³/mol. The summed E-state index contributed by atoms with van der Waals surface area (Å²) in [5, 5.41) is 14.9. The Kier molecular flexibility index (Phi) is 4.69. The lowest BCUT2D eigenvalue weighted by molar-refractivity contribution is 0.0850. The van der Waals surface area contributed by atoms with Gasteiger partial charge in [-0.3, -0.25) is 4.79 Å². The summed E-state index contributed by atoms with van der Waals surface area (Å²) in [6.45, 7) is 2.12. The van der Waals surface area contributed by atoms with E-state index in [2.05, 4.69) is 10.6 Å². The van der Waals surface area contributed by atoms with Crippen molar-refractivity contribution in [1.82, 2.24) is 10.6 Å². The van der Waals surface area contributed by atoms with Crippen LogP contribution in [0.4, 0.5) is 4.39 Å². The van der Waals surface area contributed by atoms with Crippen molar-refractivity contribution in [3.05, 3.63) is 71.0 Å². The van der Waals surface area contributed by atoms with E-state index in [1.54, 1.807) is 24.3 Å². The highest BCUT2D eigenvalue weighted by molar-refractivity contribution is 5.98. The van der Waals surface area contributed by atoms with Crippen molar-refractivity contribution in [3.8, 4) is 0 Å². The molecule has 2 aromatic rings. The second kappa shape index (κ2) is 6.89. The topological polar surface area (TPSA) is 61.4 Å². The first-order chi connectivity index (χ1) is 11.1. The van der Waals surface area contributed by atoms with Crippen LogP contribution in [-0.2, 0) is 0 Å². The number of carbonyl (C=O) groups is 1. The Balaban J connectivity index is 0.000000136. The number of hydrogen-bond donors (Lipinski definition) is 3. The number of hydrogen-bond acceptors (Lipinski definition) is 3. The number of halogens is 1. The lowest BCUT2D eigenvalue weighted by Gasteiger charge is -2.07.